The molecule has 6 heteroatoms. The van der Waals surface area contributed by atoms with Crippen molar-refractivity contribution in [3.8, 4) is 0 Å². The van der Waals surface area contributed by atoms with E-state index in [4.69, 9.17) is 0 Å². The minimum atomic E-state index is -2.97. The van der Waals surface area contributed by atoms with Gasteiger partial charge in [0.25, 0.3) is 0 Å². The molecule has 98 valence electrons. The van der Waals surface area contributed by atoms with Crippen LogP contribution >= 0.6 is 11.3 Å². The molecule has 0 atom stereocenters. The van der Waals surface area contributed by atoms with Crippen molar-refractivity contribution in [2.45, 2.75) is 19.1 Å². The SMILES string of the molecule is CC(C)S(=O)(=O)CCNc1ccc2ncsc2c1. The molecule has 0 unspecified atom stereocenters. The van der Waals surface area contributed by atoms with Crippen molar-refractivity contribution in [1.29, 1.82) is 0 Å². The molecule has 1 heterocycles. The highest BCUT2D eigenvalue weighted by atomic mass is 32.2. The fraction of sp³-hybridized carbons (Fsp3) is 0.417. The van der Waals surface area contributed by atoms with E-state index in [1.54, 1.807) is 30.7 Å². The van der Waals surface area contributed by atoms with E-state index in [1.165, 1.54) is 0 Å². The lowest BCUT2D eigenvalue weighted by atomic mass is 10.3. The zero-order valence-corrected chi connectivity index (χ0v) is 12.0. The maximum Gasteiger partial charge on any atom is 0.154 e. The van der Waals surface area contributed by atoms with Crippen LogP contribution in [-0.2, 0) is 9.84 Å². The molecule has 0 aliphatic heterocycles. The van der Waals surface area contributed by atoms with Gasteiger partial charge in [-0.2, -0.15) is 0 Å². The van der Waals surface area contributed by atoms with Gasteiger partial charge in [0.2, 0.25) is 0 Å². The number of aromatic nitrogens is 1. The van der Waals surface area contributed by atoms with Crippen molar-refractivity contribution in [1.82, 2.24) is 4.98 Å². The van der Waals surface area contributed by atoms with E-state index < -0.39 is 9.84 Å². The van der Waals surface area contributed by atoms with Crippen LogP contribution < -0.4 is 5.32 Å². The van der Waals surface area contributed by atoms with Crippen LogP contribution in [0.15, 0.2) is 23.7 Å². The fourth-order valence-electron chi connectivity index (χ4n) is 1.54. The zero-order valence-electron chi connectivity index (χ0n) is 10.4. The molecule has 0 amide bonds. The quantitative estimate of drug-likeness (QED) is 0.916. The predicted molar refractivity (Wildman–Crippen MR) is 77.0 cm³/mol. The van der Waals surface area contributed by atoms with E-state index in [2.05, 4.69) is 10.3 Å². The van der Waals surface area contributed by atoms with Crippen LogP contribution in [-0.4, -0.2) is 30.9 Å². The third kappa shape index (κ3) is 3.00. The first-order valence-electron chi connectivity index (χ1n) is 5.78. The molecule has 0 spiro atoms. The molecule has 1 aromatic carbocycles. The van der Waals surface area contributed by atoms with Crippen LogP contribution in [0.1, 0.15) is 13.8 Å². The Labute approximate surface area is 111 Å². The number of fused-ring (bicyclic) bond motifs is 1. The summed E-state index contributed by atoms with van der Waals surface area (Å²) < 4.78 is 24.4. The molecule has 0 bridgehead atoms. The normalized spacial score (nSPS) is 12.2. The summed E-state index contributed by atoms with van der Waals surface area (Å²) in [6.45, 7) is 3.85. The minimum Gasteiger partial charge on any atom is -0.384 e. The Bertz CT molecular complexity index is 632. The molecular weight excluding hydrogens is 268 g/mol. The Morgan fingerprint density at radius 3 is 2.89 bits per heavy atom. The van der Waals surface area contributed by atoms with Gasteiger partial charge in [-0.05, 0) is 32.0 Å². The molecule has 0 radical (unpaired) electrons. The van der Waals surface area contributed by atoms with Crippen molar-refractivity contribution < 1.29 is 8.42 Å². The fourth-order valence-corrected chi connectivity index (χ4v) is 3.11. The summed E-state index contributed by atoms with van der Waals surface area (Å²) in [5, 5.41) is 2.82. The maximum absolute atomic E-state index is 11.6. The number of sulfone groups is 1. The molecular formula is C12H16N2O2S2. The summed E-state index contributed by atoms with van der Waals surface area (Å²) in [5.41, 5.74) is 3.71. The second-order valence-electron chi connectivity index (χ2n) is 4.38. The summed E-state index contributed by atoms with van der Waals surface area (Å²) in [4.78, 5) is 4.20. The number of nitrogens with zero attached hydrogens (tertiary/aromatic N) is 1. The standard InChI is InChI=1S/C12H16N2O2S2/c1-9(2)18(15,16)6-5-13-10-3-4-11-12(7-10)17-8-14-11/h3-4,7-9,13H,5-6H2,1-2H3. The van der Waals surface area contributed by atoms with Crippen LogP contribution in [0.3, 0.4) is 0 Å². The first-order valence-corrected chi connectivity index (χ1v) is 8.37. The average molecular weight is 284 g/mol. The molecule has 0 aliphatic rings. The monoisotopic (exact) mass is 284 g/mol. The van der Waals surface area contributed by atoms with Crippen molar-refractivity contribution in [3.05, 3.63) is 23.7 Å². The highest BCUT2D eigenvalue weighted by molar-refractivity contribution is 7.92. The molecule has 2 aromatic rings. The number of nitrogens with one attached hydrogen (secondary N) is 1. The van der Waals surface area contributed by atoms with Gasteiger partial charge in [0, 0.05) is 12.2 Å². The molecule has 0 saturated heterocycles. The van der Waals surface area contributed by atoms with Gasteiger partial charge < -0.3 is 5.32 Å². The van der Waals surface area contributed by atoms with Crippen LogP contribution in [0.5, 0.6) is 0 Å². The Kier molecular flexibility index (Phi) is 3.87. The lowest BCUT2D eigenvalue weighted by molar-refractivity contribution is 0.588. The predicted octanol–water partition coefficient (Wildman–Crippen LogP) is 2.53. The second kappa shape index (κ2) is 5.24. The Balaban J connectivity index is 1.98. The van der Waals surface area contributed by atoms with E-state index in [1.807, 2.05) is 18.2 Å². The van der Waals surface area contributed by atoms with Gasteiger partial charge >= 0.3 is 0 Å². The molecule has 2 rings (SSSR count). The topological polar surface area (TPSA) is 59.1 Å². The van der Waals surface area contributed by atoms with E-state index in [9.17, 15) is 8.42 Å². The van der Waals surface area contributed by atoms with E-state index >= 15 is 0 Å². The van der Waals surface area contributed by atoms with Gasteiger partial charge in [0.05, 0.1) is 26.7 Å². The smallest absolute Gasteiger partial charge is 0.154 e. The summed E-state index contributed by atoms with van der Waals surface area (Å²) >= 11 is 1.58. The Hall–Kier alpha value is -1.14. The third-order valence-electron chi connectivity index (χ3n) is 2.77. The number of thiazole rings is 1. The Morgan fingerprint density at radius 2 is 2.17 bits per heavy atom. The van der Waals surface area contributed by atoms with Gasteiger partial charge in [0.15, 0.2) is 9.84 Å². The number of hydrogen-bond acceptors (Lipinski definition) is 5. The lowest BCUT2D eigenvalue weighted by Gasteiger charge is -2.09. The molecule has 0 saturated carbocycles. The maximum atomic E-state index is 11.6. The molecule has 1 aromatic heterocycles. The summed E-state index contributed by atoms with van der Waals surface area (Å²) in [5.74, 6) is 0.158. The molecule has 18 heavy (non-hydrogen) atoms. The molecule has 0 fully saturated rings. The second-order valence-corrected chi connectivity index (χ2v) is 7.94. The van der Waals surface area contributed by atoms with E-state index in [0.717, 1.165) is 15.9 Å². The summed E-state index contributed by atoms with van der Waals surface area (Å²) in [7, 11) is -2.97. The van der Waals surface area contributed by atoms with Gasteiger partial charge in [-0.15, -0.1) is 11.3 Å². The number of hydrogen-bond donors (Lipinski definition) is 1. The van der Waals surface area contributed by atoms with Crippen molar-refractivity contribution in [2.24, 2.45) is 0 Å². The molecule has 0 aliphatic carbocycles. The van der Waals surface area contributed by atoms with Crippen LogP contribution in [0.4, 0.5) is 5.69 Å². The van der Waals surface area contributed by atoms with Gasteiger partial charge in [0.1, 0.15) is 0 Å². The Morgan fingerprint density at radius 1 is 1.39 bits per heavy atom. The first kappa shape index (κ1) is 13.3. The third-order valence-corrected chi connectivity index (χ3v) is 5.77. The lowest BCUT2D eigenvalue weighted by Crippen LogP contribution is -2.22. The zero-order chi connectivity index (χ0) is 13.2. The van der Waals surface area contributed by atoms with E-state index in [-0.39, 0.29) is 11.0 Å². The number of benzene rings is 1. The molecule has 4 nitrogen and oxygen atoms in total. The van der Waals surface area contributed by atoms with Gasteiger partial charge in [-0.25, -0.2) is 13.4 Å². The minimum absolute atomic E-state index is 0.158. The highest BCUT2D eigenvalue weighted by Crippen LogP contribution is 2.21. The van der Waals surface area contributed by atoms with Crippen molar-refractivity contribution in [2.75, 3.05) is 17.6 Å². The van der Waals surface area contributed by atoms with Crippen LogP contribution in [0.25, 0.3) is 10.2 Å². The van der Waals surface area contributed by atoms with Gasteiger partial charge in [-0.1, -0.05) is 0 Å². The van der Waals surface area contributed by atoms with Crippen molar-refractivity contribution >= 4 is 37.1 Å². The van der Waals surface area contributed by atoms with Crippen LogP contribution in [0, 0.1) is 0 Å². The largest absolute Gasteiger partial charge is 0.384 e. The number of anilines is 1. The van der Waals surface area contributed by atoms with E-state index in [0.29, 0.717) is 6.54 Å². The highest BCUT2D eigenvalue weighted by Gasteiger charge is 2.15. The summed E-state index contributed by atoms with van der Waals surface area (Å²) in [6.07, 6.45) is 0. The average Bonchev–Trinajstić information content (AvgIpc) is 2.75. The first-order chi connectivity index (χ1) is 8.49. The van der Waals surface area contributed by atoms with Gasteiger partial charge in [-0.3, -0.25) is 0 Å². The number of rotatable bonds is 5. The van der Waals surface area contributed by atoms with Crippen LogP contribution in [0.2, 0.25) is 0 Å². The molecule has 1 N–H and O–H groups in total. The summed E-state index contributed by atoms with van der Waals surface area (Å²) in [6, 6.07) is 5.85. The van der Waals surface area contributed by atoms with Crippen molar-refractivity contribution in [3.63, 3.8) is 0 Å².